The van der Waals surface area contributed by atoms with Gasteiger partial charge in [0.05, 0.1) is 29.4 Å². The van der Waals surface area contributed by atoms with Crippen molar-refractivity contribution in [1.29, 1.82) is 0 Å². The number of carbonyl (C=O) groups excluding carboxylic acids is 1. The average Bonchev–Trinajstić information content (AvgIpc) is 3.43. The molecular weight excluding hydrogens is 493 g/mol. The predicted octanol–water partition coefficient (Wildman–Crippen LogP) is 5.76. The Bertz CT molecular complexity index is 1700. The van der Waals surface area contributed by atoms with Gasteiger partial charge in [-0.05, 0) is 54.8 Å². The molecule has 1 saturated heterocycles. The van der Waals surface area contributed by atoms with Gasteiger partial charge in [0, 0.05) is 37.1 Å². The molecule has 6 rings (SSSR count). The number of methoxy groups -OCH3 is 1. The highest BCUT2D eigenvalue weighted by Gasteiger charge is 2.27. The van der Waals surface area contributed by atoms with Crippen LogP contribution in [-0.2, 0) is 6.42 Å². The van der Waals surface area contributed by atoms with Crippen LogP contribution in [0.3, 0.4) is 0 Å². The third-order valence-electron chi connectivity index (χ3n) is 7.52. The van der Waals surface area contributed by atoms with E-state index in [4.69, 9.17) is 14.7 Å². The van der Waals surface area contributed by atoms with E-state index in [1.165, 1.54) is 0 Å². The average molecular weight is 524 g/mol. The first-order valence-electron chi connectivity index (χ1n) is 13.2. The molecular formula is C31H30FN5O2. The molecule has 1 aliphatic heterocycles. The number of nitrogens with zero attached hydrogens (tertiary/aromatic N) is 4. The number of ether oxygens (including phenoxy) is 1. The van der Waals surface area contributed by atoms with Crippen molar-refractivity contribution in [2.45, 2.75) is 20.3 Å². The van der Waals surface area contributed by atoms with Gasteiger partial charge in [-0.1, -0.05) is 37.3 Å². The molecule has 7 nitrogen and oxygen atoms in total. The van der Waals surface area contributed by atoms with Gasteiger partial charge in [0.25, 0.3) is 5.91 Å². The molecule has 0 spiro atoms. The minimum absolute atomic E-state index is 0.143. The molecule has 5 aromatic rings. The number of H-pyrrole nitrogens is 1. The van der Waals surface area contributed by atoms with E-state index in [2.05, 4.69) is 9.88 Å². The monoisotopic (exact) mass is 523 g/mol. The van der Waals surface area contributed by atoms with Gasteiger partial charge in [-0.25, -0.2) is 14.4 Å². The van der Waals surface area contributed by atoms with Gasteiger partial charge < -0.3 is 19.5 Å². The van der Waals surface area contributed by atoms with Crippen LogP contribution in [0.15, 0.2) is 60.7 Å². The maximum Gasteiger partial charge on any atom is 0.270 e. The number of anilines is 1. The van der Waals surface area contributed by atoms with E-state index in [-0.39, 0.29) is 11.7 Å². The first kappa shape index (κ1) is 24.9. The number of amides is 1. The topological polar surface area (TPSA) is 74.3 Å². The number of hydrogen-bond donors (Lipinski definition) is 1. The molecule has 2 aromatic heterocycles. The maximum atomic E-state index is 15.4. The lowest BCUT2D eigenvalue weighted by Crippen LogP contribution is -2.49. The van der Waals surface area contributed by atoms with Gasteiger partial charge in [-0.3, -0.25) is 4.79 Å². The van der Waals surface area contributed by atoms with Crippen LogP contribution in [0.5, 0.6) is 5.75 Å². The number of halogens is 1. The third-order valence-corrected chi connectivity index (χ3v) is 7.52. The Balaban J connectivity index is 1.29. The van der Waals surface area contributed by atoms with E-state index in [0.717, 1.165) is 33.7 Å². The molecule has 1 fully saturated rings. The molecule has 8 heteroatoms. The number of hydrogen-bond acceptors (Lipinski definition) is 5. The number of aromatic nitrogens is 3. The molecule has 3 aromatic carbocycles. The van der Waals surface area contributed by atoms with E-state index in [1.807, 2.05) is 73.3 Å². The smallest absolute Gasteiger partial charge is 0.270 e. The summed E-state index contributed by atoms with van der Waals surface area (Å²) in [6.07, 6.45) is 0.533. The molecule has 0 aliphatic carbocycles. The van der Waals surface area contributed by atoms with Crippen molar-refractivity contribution in [3.8, 4) is 16.9 Å². The Labute approximate surface area is 226 Å². The van der Waals surface area contributed by atoms with E-state index >= 15 is 4.39 Å². The number of fused-ring (bicyclic) bond motifs is 2. The number of carbonyl (C=O) groups is 1. The number of piperazine rings is 1. The van der Waals surface area contributed by atoms with Crippen molar-refractivity contribution in [2.75, 3.05) is 38.2 Å². The van der Waals surface area contributed by atoms with Crippen LogP contribution in [0.4, 0.5) is 10.2 Å². The van der Waals surface area contributed by atoms with Gasteiger partial charge in [0.15, 0.2) is 5.82 Å². The fourth-order valence-corrected chi connectivity index (χ4v) is 5.45. The van der Waals surface area contributed by atoms with Crippen LogP contribution in [0.1, 0.15) is 28.7 Å². The fraction of sp³-hybridized carbons (Fsp3) is 0.258. The fourth-order valence-electron chi connectivity index (χ4n) is 5.45. The zero-order valence-corrected chi connectivity index (χ0v) is 22.3. The molecule has 0 unspecified atom stereocenters. The van der Waals surface area contributed by atoms with E-state index in [9.17, 15) is 4.79 Å². The summed E-state index contributed by atoms with van der Waals surface area (Å²) in [5.74, 6) is 1.09. The van der Waals surface area contributed by atoms with Crippen molar-refractivity contribution >= 4 is 33.7 Å². The Hall–Kier alpha value is -4.46. The summed E-state index contributed by atoms with van der Waals surface area (Å²) in [5.41, 5.74) is 5.61. The SMILES string of the molecule is CCc1cc(-c2ccccc2OC)c2cc(C(=O)N3CCN(c4nc5ccccc5nc4C)CC3)[nH]c2c1F. The van der Waals surface area contributed by atoms with Crippen LogP contribution < -0.4 is 9.64 Å². The first-order valence-corrected chi connectivity index (χ1v) is 13.2. The lowest BCUT2D eigenvalue weighted by atomic mass is 9.96. The highest BCUT2D eigenvalue weighted by molar-refractivity contribution is 6.04. The lowest BCUT2D eigenvalue weighted by Gasteiger charge is -2.35. The Kier molecular flexibility index (Phi) is 6.38. The lowest BCUT2D eigenvalue weighted by molar-refractivity contribution is 0.0741. The molecule has 1 aliphatic rings. The van der Waals surface area contributed by atoms with Gasteiger partial charge >= 0.3 is 0 Å². The summed E-state index contributed by atoms with van der Waals surface area (Å²) >= 11 is 0. The van der Waals surface area contributed by atoms with Gasteiger partial charge in [0.2, 0.25) is 0 Å². The minimum atomic E-state index is -0.319. The molecule has 1 amide bonds. The molecule has 3 heterocycles. The molecule has 198 valence electrons. The summed E-state index contributed by atoms with van der Waals surface area (Å²) < 4.78 is 21.0. The Morgan fingerprint density at radius 3 is 2.38 bits per heavy atom. The van der Waals surface area contributed by atoms with Crippen molar-refractivity contribution in [1.82, 2.24) is 19.9 Å². The largest absolute Gasteiger partial charge is 0.496 e. The normalized spacial score (nSPS) is 13.8. The van der Waals surface area contributed by atoms with Crippen molar-refractivity contribution in [3.05, 3.63) is 83.4 Å². The van der Waals surface area contributed by atoms with Crippen LogP contribution in [-0.4, -0.2) is 59.0 Å². The van der Waals surface area contributed by atoms with Crippen molar-refractivity contribution < 1.29 is 13.9 Å². The molecule has 39 heavy (non-hydrogen) atoms. The van der Waals surface area contributed by atoms with E-state index < -0.39 is 0 Å². The molecule has 0 saturated carbocycles. The van der Waals surface area contributed by atoms with Crippen LogP contribution >= 0.6 is 0 Å². The zero-order valence-electron chi connectivity index (χ0n) is 22.3. The summed E-state index contributed by atoms with van der Waals surface area (Å²) in [4.78, 5) is 30.2. The molecule has 0 bridgehead atoms. The predicted molar refractivity (Wildman–Crippen MR) is 152 cm³/mol. The quantitative estimate of drug-likeness (QED) is 0.317. The maximum absolute atomic E-state index is 15.4. The zero-order chi connectivity index (χ0) is 27.1. The minimum Gasteiger partial charge on any atom is -0.496 e. The van der Waals surface area contributed by atoms with Crippen LogP contribution in [0.2, 0.25) is 0 Å². The summed E-state index contributed by atoms with van der Waals surface area (Å²) in [6, 6.07) is 19.1. The highest BCUT2D eigenvalue weighted by Crippen LogP contribution is 2.38. The number of nitrogens with one attached hydrogen (secondary N) is 1. The van der Waals surface area contributed by atoms with Crippen molar-refractivity contribution in [3.63, 3.8) is 0 Å². The summed E-state index contributed by atoms with van der Waals surface area (Å²) in [5, 5.41) is 0.665. The van der Waals surface area contributed by atoms with Gasteiger partial charge in [0.1, 0.15) is 17.3 Å². The van der Waals surface area contributed by atoms with Gasteiger partial charge in [-0.15, -0.1) is 0 Å². The highest BCUT2D eigenvalue weighted by atomic mass is 19.1. The summed E-state index contributed by atoms with van der Waals surface area (Å²) in [7, 11) is 1.62. The summed E-state index contributed by atoms with van der Waals surface area (Å²) in [6.45, 7) is 6.23. The number of benzene rings is 3. The second-order valence-corrected chi connectivity index (χ2v) is 9.82. The molecule has 0 radical (unpaired) electrons. The standard InChI is InChI=1S/C31H30FN5O2/c1-4-20-17-22(21-9-5-8-12-27(21)39-3)23-18-26(34-29(23)28(20)32)31(38)37-15-13-36(14-16-37)30-19(2)33-24-10-6-7-11-25(24)35-30/h5-12,17-18,34H,4,13-16H2,1-3H3. The van der Waals surface area contributed by atoms with E-state index in [1.54, 1.807) is 13.2 Å². The number of aryl methyl sites for hydroxylation is 2. The molecule has 0 atom stereocenters. The second kappa shape index (κ2) is 10.0. The first-order chi connectivity index (χ1) is 19.0. The molecule has 1 N–H and O–H groups in total. The van der Waals surface area contributed by atoms with Crippen LogP contribution in [0, 0.1) is 12.7 Å². The van der Waals surface area contributed by atoms with Crippen molar-refractivity contribution in [2.24, 2.45) is 0 Å². The Morgan fingerprint density at radius 1 is 0.974 bits per heavy atom. The van der Waals surface area contributed by atoms with Gasteiger partial charge in [-0.2, -0.15) is 0 Å². The number of rotatable bonds is 5. The van der Waals surface area contributed by atoms with E-state index in [0.29, 0.717) is 60.5 Å². The number of para-hydroxylation sites is 3. The third kappa shape index (κ3) is 4.35. The van der Waals surface area contributed by atoms with Crippen LogP contribution in [0.25, 0.3) is 33.1 Å². The second-order valence-electron chi connectivity index (χ2n) is 9.82. The Morgan fingerprint density at radius 2 is 1.67 bits per heavy atom. The number of aromatic amines is 1.